The quantitative estimate of drug-likeness (QED) is 0.434. The Bertz CT molecular complexity index is 1180. The number of carbonyl (C=O) groups is 1. The van der Waals surface area contributed by atoms with Crippen molar-refractivity contribution in [3.05, 3.63) is 41.5 Å². The summed E-state index contributed by atoms with van der Waals surface area (Å²) in [5.74, 6) is 0.960. The normalized spacial score (nSPS) is 16.2. The van der Waals surface area contributed by atoms with Crippen LogP contribution in [0.2, 0.25) is 0 Å². The number of nitrogens with zero attached hydrogens (tertiary/aromatic N) is 7. The number of hydrogen-bond acceptors (Lipinski definition) is 9. The average Bonchev–Trinajstić information content (AvgIpc) is 3.41. The zero-order chi connectivity index (χ0) is 20.5. The molecule has 9 nitrogen and oxygen atoms in total. The predicted octanol–water partition coefficient (Wildman–Crippen LogP) is 1.77. The molecule has 4 aromatic rings. The minimum absolute atomic E-state index is 0.673. The molecule has 0 N–H and O–H groups in total. The first-order valence-electron chi connectivity index (χ1n) is 9.92. The van der Waals surface area contributed by atoms with E-state index >= 15 is 0 Å². The van der Waals surface area contributed by atoms with Crippen molar-refractivity contribution in [1.82, 2.24) is 30.0 Å². The minimum atomic E-state index is -0.726. The fourth-order valence-corrected chi connectivity index (χ4v) is 4.64. The number of aldehydes is 1. The van der Waals surface area contributed by atoms with Crippen molar-refractivity contribution >= 4 is 44.7 Å². The SMILES string of the molecule is CCc1cc2c(N3CCN(C(C=O)On4nnc5ccccc54)CC3)ncnc2s1. The van der Waals surface area contributed by atoms with Crippen LogP contribution in [0.3, 0.4) is 0 Å². The first-order valence-corrected chi connectivity index (χ1v) is 10.7. The molecule has 1 saturated heterocycles. The van der Waals surface area contributed by atoms with Crippen LogP contribution in [0.4, 0.5) is 5.82 Å². The van der Waals surface area contributed by atoms with Gasteiger partial charge in [0, 0.05) is 31.1 Å². The van der Waals surface area contributed by atoms with Gasteiger partial charge in [-0.2, -0.15) is 0 Å². The van der Waals surface area contributed by atoms with Crippen molar-refractivity contribution < 1.29 is 9.63 Å². The van der Waals surface area contributed by atoms with Crippen molar-refractivity contribution in [2.75, 3.05) is 31.1 Å². The standard InChI is InChI=1S/C20H21N7O2S/c1-2-14-11-15-19(21-13-22-20(15)30-14)26-9-7-25(8-10-26)18(12-28)29-27-17-6-4-3-5-16(17)23-24-27/h3-6,11-13,18H,2,7-10H2,1H3. The molecule has 0 bridgehead atoms. The second kappa shape index (κ2) is 7.96. The first kappa shape index (κ1) is 18.9. The number of benzene rings is 1. The Hall–Kier alpha value is -3.11. The van der Waals surface area contributed by atoms with Gasteiger partial charge in [0.25, 0.3) is 0 Å². The number of rotatable bonds is 6. The molecule has 3 aromatic heterocycles. The van der Waals surface area contributed by atoms with Crippen LogP contribution in [0.25, 0.3) is 21.3 Å². The summed E-state index contributed by atoms with van der Waals surface area (Å²) in [7, 11) is 0. The van der Waals surface area contributed by atoms with Crippen LogP contribution in [0, 0.1) is 0 Å². The molecule has 4 heterocycles. The molecule has 30 heavy (non-hydrogen) atoms. The summed E-state index contributed by atoms with van der Waals surface area (Å²) in [4.78, 5) is 34.5. The van der Waals surface area contributed by atoms with E-state index < -0.39 is 6.23 Å². The molecule has 0 spiro atoms. The van der Waals surface area contributed by atoms with Gasteiger partial charge in [0.15, 0.2) is 6.29 Å². The van der Waals surface area contributed by atoms with E-state index in [0.29, 0.717) is 13.1 Å². The van der Waals surface area contributed by atoms with Crippen LogP contribution in [0.5, 0.6) is 0 Å². The zero-order valence-electron chi connectivity index (χ0n) is 16.5. The summed E-state index contributed by atoms with van der Waals surface area (Å²) >= 11 is 1.72. The monoisotopic (exact) mass is 423 g/mol. The van der Waals surface area contributed by atoms with Crippen LogP contribution in [-0.4, -0.2) is 68.7 Å². The maximum atomic E-state index is 11.8. The summed E-state index contributed by atoms with van der Waals surface area (Å²) in [5, 5.41) is 9.19. The van der Waals surface area contributed by atoms with Gasteiger partial charge in [-0.05, 0) is 29.8 Å². The third kappa shape index (κ3) is 3.37. The lowest BCUT2D eigenvalue weighted by Gasteiger charge is -2.37. The molecule has 10 heteroatoms. The Morgan fingerprint density at radius 1 is 1.20 bits per heavy atom. The van der Waals surface area contributed by atoms with Crippen molar-refractivity contribution in [3.63, 3.8) is 0 Å². The van der Waals surface area contributed by atoms with E-state index in [2.05, 4.69) is 38.2 Å². The highest BCUT2D eigenvalue weighted by atomic mass is 32.1. The number of aromatic nitrogens is 5. The van der Waals surface area contributed by atoms with E-state index in [1.165, 1.54) is 9.72 Å². The van der Waals surface area contributed by atoms with Crippen LogP contribution >= 0.6 is 11.3 Å². The van der Waals surface area contributed by atoms with Gasteiger partial charge in [-0.1, -0.05) is 23.9 Å². The Balaban J connectivity index is 1.30. The van der Waals surface area contributed by atoms with Gasteiger partial charge >= 0.3 is 0 Å². The number of piperazine rings is 1. The molecular formula is C20H21N7O2S. The average molecular weight is 424 g/mol. The number of carbonyl (C=O) groups excluding carboxylic acids is 1. The van der Waals surface area contributed by atoms with Gasteiger partial charge in [0.1, 0.15) is 28.0 Å². The van der Waals surface area contributed by atoms with Crippen LogP contribution < -0.4 is 9.74 Å². The molecule has 0 aliphatic carbocycles. The second-order valence-electron chi connectivity index (χ2n) is 7.09. The second-order valence-corrected chi connectivity index (χ2v) is 8.20. The molecule has 5 rings (SSSR count). The molecule has 0 radical (unpaired) electrons. The minimum Gasteiger partial charge on any atom is -0.368 e. The number of aryl methyl sites for hydroxylation is 1. The zero-order valence-corrected chi connectivity index (χ0v) is 17.3. The summed E-state index contributed by atoms with van der Waals surface area (Å²) in [6.45, 7) is 4.98. The molecule has 154 valence electrons. The summed E-state index contributed by atoms with van der Waals surface area (Å²) in [5.41, 5.74) is 1.46. The van der Waals surface area contributed by atoms with Crippen molar-refractivity contribution in [2.24, 2.45) is 0 Å². The van der Waals surface area contributed by atoms with Crippen molar-refractivity contribution in [1.29, 1.82) is 0 Å². The van der Waals surface area contributed by atoms with Gasteiger partial charge in [-0.25, -0.2) is 9.97 Å². The van der Waals surface area contributed by atoms with E-state index in [-0.39, 0.29) is 0 Å². The van der Waals surface area contributed by atoms with Gasteiger partial charge in [0.2, 0.25) is 6.23 Å². The molecule has 1 unspecified atom stereocenters. The molecule has 1 aromatic carbocycles. The number of anilines is 1. The number of fused-ring (bicyclic) bond motifs is 2. The summed E-state index contributed by atoms with van der Waals surface area (Å²) in [6, 6.07) is 9.68. The molecule has 1 atom stereocenters. The highest BCUT2D eigenvalue weighted by molar-refractivity contribution is 7.18. The fraction of sp³-hybridized carbons (Fsp3) is 0.350. The van der Waals surface area contributed by atoms with Crippen LogP contribution in [0.15, 0.2) is 36.7 Å². The Morgan fingerprint density at radius 3 is 2.83 bits per heavy atom. The maximum absolute atomic E-state index is 11.8. The molecule has 0 saturated carbocycles. The van der Waals surface area contributed by atoms with Gasteiger partial charge < -0.3 is 9.74 Å². The molecule has 1 fully saturated rings. The topological polar surface area (TPSA) is 89.3 Å². The summed E-state index contributed by atoms with van der Waals surface area (Å²) in [6.07, 6.45) is 2.70. The first-order chi connectivity index (χ1) is 14.8. The lowest BCUT2D eigenvalue weighted by Crippen LogP contribution is -2.54. The third-order valence-corrected chi connectivity index (χ3v) is 6.51. The third-order valence-electron chi connectivity index (χ3n) is 5.33. The van der Waals surface area contributed by atoms with E-state index in [0.717, 1.165) is 52.9 Å². The Kier molecular flexibility index (Phi) is 5.01. The van der Waals surface area contributed by atoms with Crippen molar-refractivity contribution in [3.8, 4) is 0 Å². The number of para-hydroxylation sites is 1. The lowest BCUT2D eigenvalue weighted by atomic mass is 10.2. The number of hydrogen-bond donors (Lipinski definition) is 0. The van der Waals surface area contributed by atoms with Gasteiger partial charge in [-0.15, -0.1) is 16.4 Å². The molecule has 1 aliphatic heterocycles. The van der Waals surface area contributed by atoms with Crippen LogP contribution in [-0.2, 0) is 11.2 Å². The van der Waals surface area contributed by atoms with E-state index in [4.69, 9.17) is 4.84 Å². The van der Waals surface area contributed by atoms with E-state index in [9.17, 15) is 4.79 Å². The highest BCUT2D eigenvalue weighted by Crippen LogP contribution is 2.31. The molecular weight excluding hydrogens is 402 g/mol. The number of thiophene rings is 1. The fourth-order valence-electron chi connectivity index (χ4n) is 3.71. The Morgan fingerprint density at radius 2 is 2.03 bits per heavy atom. The van der Waals surface area contributed by atoms with Gasteiger partial charge in [-0.3, -0.25) is 9.69 Å². The van der Waals surface area contributed by atoms with Gasteiger partial charge in [0.05, 0.1) is 5.39 Å². The van der Waals surface area contributed by atoms with E-state index in [1.54, 1.807) is 17.7 Å². The predicted molar refractivity (Wildman–Crippen MR) is 115 cm³/mol. The molecule has 0 amide bonds. The largest absolute Gasteiger partial charge is 0.368 e. The Labute approximate surface area is 176 Å². The van der Waals surface area contributed by atoms with E-state index in [1.807, 2.05) is 29.2 Å². The van der Waals surface area contributed by atoms with Crippen LogP contribution in [0.1, 0.15) is 11.8 Å². The summed E-state index contributed by atoms with van der Waals surface area (Å²) < 4.78 is 0. The van der Waals surface area contributed by atoms with Crippen molar-refractivity contribution in [2.45, 2.75) is 19.6 Å². The smallest absolute Gasteiger partial charge is 0.237 e. The maximum Gasteiger partial charge on any atom is 0.237 e. The lowest BCUT2D eigenvalue weighted by molar-refractivity contribution is -0.134. The molecule has 1 aliphatic rings. The highest BCUT2D eigenvalue weighted by Gasteiger charge is 2.27.